The van der Waals surface area contributed by atoms with Crippen LogP contribution in [0.1, 0.15) is 18.4 Å². The largest absolute Gasteiger partial charge is 0.467 e. The number of hydrogen-bond acceptors (Lipinski definition) is 4. The molecule has 0 bridgehead atoms. The lowest BCUT2D eigenvalue weighted by molar-refractivity contribution is -0.152. The summed E-state index contributed by atoms with van der Waals surface area (Å²) in [6.45, 7) is -0.804. The number of carbonyl (C=O) groups is 3. The van der Waals surface area contributed by atoms with Gasteiger partial charge in [0.1, 0.15) is 12.1 Å². The Hall–Kier alpha value is -2.23. The molecule has 2 saturated heterocycles. The molecule has 2 aliphatic heterocycles. The Morgan fingerprint density at radius 1 is 1.21 bits per heavy atom. The molecule has 158 valence electrons. The number of methoxy groups -OCH3 is 1. The summed E-state index contributed by atoms with van der Waals surface area (Å²) in [4.78, 5) is 38.3. The fourth-order valence-corrected chi connectivity index (χ4v) is 4.32. The van der Waals surface area contributed by atoms with Crippen LogP contribution in [0, 0.1) is 5.92 Å². The molecule has 10 heteroatoms. The van der Waals surface area contributed by atoms with Crippen LogP contribution in [-0.4, -0.2) is 71.1 Å². The molecular formula is C19H21BrF2N2O5. The molecule has 3 rings (SSSR count). The van der Waals surface area contributed by atoms with Crippen LogP contribution in [0.3, 0.4) is 0 Å². The first-order valence-corrected chi connectivity index (χ1v) is 9.90. The van der Waals surface area contributed by atoms with Gasteiger partial charge in [-0.3, -0.25) is 9.69 Å². The van der Waals surface area contributed by atoms with Gasteiger partial charge in [-0.2, -0.15) is 0 Å². The Balaban J connectivity index is 1.77. The second kappa shape index (κ2) is 8.25. The van der Waals surface area contributed by atoms with Crippen molar-refractivity contribution in [2.24, 2.45) is 5.92 Å². The molecule has 2 fully saturated rings. The highest BCUT2D eigenvalue weighted by Gasteiger charge is 2.53. The number of rotatable bonds is 4. The average molecular weight is 475 g/mol. The van der Waals surface area contributed by atoms with E-state index < -0.39 is 48.9 Å². The molecule has 0 aromatic heterocycles. The van der Waals surface area contributed by atoms with Crippen molar-refractivity contribution in [1.29, 1.82) is 0 Å². The number of ether oxygens (including phenoxy) is 1. The zero-order valence-corrected chi connectivity index (χ0v) is 17.3. The summed E-state index contributed by atoms with van der Waals surface area (Å²) in [5.74, 6) is -5.07. The molecule has 0 radical (unpaired) electrons. The third-order valence-corrected chi connectivity index (χ3v) is 5.91. The van der Waals surface area contributed by atoms with E-state index >= 15 is 0 Å². The van der Waals surface area contributed by atoms with Gasteiger partial charge in [-0.15, -0.1) is 0 Å². The minimum Gasteiger partial charge on any atom is -0.467 e. The number of likely N-dealkylation sites (tertiary alicyclic amines) is 2. The van der Waals surface area contributed by atoms with Gasteiger partial charge in [-0.05, 0) is 36.5 Å². The molecular weight excluding hydrogens is 454 g/mol. The number of amides is 2. The number of carboxylic acid groups (broad SMARTS) is 1. The third kappa shape index (κ3) is 4.68. The summed E-state index contributed by atoms with van der Waals surface area (Å²) in [7, 11) is 1.06. The van der Waals surface area contributed by atoms with E-state index in [0.717, 1.165) is 26.9 Å². The summed E-state index contributed by atoms with van der Waals surface area (Å²) in [5, 5.41) is 9.53. The maximum Gasteiger partial charge on any atom is 0.407 e. The first kappa shape index (κ1) is 21.5. The van der Waals surface area contributed by atoms with Gasteiger partial charge < -0.3 is 14.7 Å². The molecule has 0 aliphatic carbocycles. The molecule has 3 atom stereocenters. The standard InChI is InChI=1S/C19H21BrF2N2O5/c1-29-17(26)15-8-19(21,22)10-24(15)16(25)14-7-12(9-23(14)18(27)28)6-11-2-4-13(20)5-3-11/h2-5,12,14-15H,6-10H2,1H3,(H,27,28). The van der Waals surface area contributed by atoms with E-state index in [0.29, 0.717) is 6.42 Å². The van der Waals surface area contributed by atoms with E-state index in [1.54, 1.807) is 0 Å². The molecule has 0 spiro atoms. The zero-order valence-electron chi connectivity index (χ0n) is 15.7. The highest BCUT2D eigenvalue weighted by atomic mass is 79.9. The maximum absolute atomic E-state index is 13.9. The normalized spacial score (nSPS) is 25.9. The van der Waals surface area contributed by atoms with E-state index in [2.05, 4.69) is 20.7 Å². The second-order valence-corrected chi connectivity index (χ2v) is 8.36. The summed E-state index contributed by atoms with van der Waals surface area (Å²) in [6, 6.07) is 5.03. The third-order valence-electron chi connectivity index (χ3n) is 5.38. The van der Waals surface area contributed by atoms with Crippen LogP contribution in [0.15, 0.2) is 28.7 Å². The Labute approximate surface area is 174 Å². The molecule has 1 aromatic rings. The zero-order chi connectivity index (χ0) is 21.3. The van der Waals surface area contributed by atoms with Gasteiger partial charge in [0, 0.05) is 17.4 Å². The lowest BCUT2D eigenvalue weighted by Gasteiger charge is -2.28. The van der Waals surface area contributed by atoms with Crippen LogP contribution < -0.4 is 0 Å². The summed E-state index contributed by atoms with van der Waals surface area (Å²) in [6.07, 6.45) is -1.36. The van der Waals surface area contributed by atoms with Crippen molar-refractivity contribution in [1.82, 2.24) is 9.80 Å². The number of halogens is 3. The first-order chi connectivity index (χ1) is 13.6. The molecule has 2 aliphatic rings. The molecule has 1 N–H and O–H groups in total. The monoisotopic (exact) mass is 474 g/mol. The van der Waals surface area contributed by atoms with Crippen LogP contribution in [0.5, 0.6) is 0 Å². The van der Waals surface area contributed by atoms with Crippen LogP contribution in [0.2, 0.25) is 0 Å². The number of nitrogens with zero attached hydrogens (tertiary/aromatic N) is 2. The Morgan fingerprint density at radius 2 is 1.86 bits per heavy atom. The molecule has 1 aromatic carbocycles. The topological polar surface area (TPSA) is 87.2 Å². The van der Waals surface area contributed by atoms with Crippen LogP contribution in [0.25, 0.3) is 0 Å². The molecule has 7 nitrogen and oxygen atoms in total. The van der Waals surface area contributed by atoms with Crippen LogP contribution in [-0.2, 0) is 20.7 Å². The van der Waals surface area contributed by atoms with Crippen LogP contribution >= 0.6 is 15.9 Å². The Morgan fingerprint density at radius 3 is 2.45 bits per heavy atom. The van der Waals surface area contributed by atoms with E-state index in [4.69, 9.17) is 0 Å². The van der Waals surface area contributed by atoms with E-state index in [1.807, 2.05) is 24.3 Å². The van der Waals surface area contributed by atoms with E-state index in [1.165, 1.54) is 0 Å². The summed E-state index contributed by atoms with van der Waals surface area (Å²) >= 11 is 3.35. The Bertz CT molecular complexity index is 804. The first-order valence-electron chi connectivity index (χ1n) is 9.11. The molecule has 3 unspecified atom stereocenters. The van der Waals surface area contributed by atoms with Gasteiger partial charge in [-0.25, -0.2) is 18.4 Å². The van der Waals surface area contributed by atoms with Gasteiger partial charge in [0.05, 0.1) is 13.7 Å². The predicted molar refractivity (Wildman–Crippen MR) is 102 cm³/mol. The number of alkyl halides is 2. The molecule has 29 heavy (non-hydrogen) atoms. The number of benzene rings is 1. The van der Waals surface area contributed by atoms with Crippen molar-refractivity contribution in [2.75, 3.05) is 20.2 Å². The quantitative estimate of drug-likeness (QED) is 0.677. The highest BCUT2D eigenvalue weighted by molar-refractivity contribution is 9.10. The minimum absolute atomic E-state index is 0.120. The fraction of sp³-hybridized carbons (Fsp3) is 0.526. The lowest BCUT2D eigenvalue weighted by atomic mass is 9.96. The minimum atomic E-state index is -3.22. The van der Waals surface area contributed by atoms with Crippen molar-refractivity contribution < 1.29 is 33.0 Å². The van der Waals surface area contributed by atoms with Gasteiger partial charge in [0.15, 0.2) is 0 Å². The number of carbonyl (C=O) groups excluding carboxylic acids is 2. The van der Waals surface area contributed by atoms with Crippen LogP contribution in [0.4, 0.5) is 13.6 Å². The number of hydrogen-bond donors (Lipinski definition) is 1. The van der Waals surface area contributed by atoms with Gasteiger partial charge >= 0.3 is 12.1 Å². The average Bonchev–Trinajstić information content (AvgIpc) is 3.23. The Kier molecular flexibility index (Phi) is 6.11. The van der Waals surface area contributed by atoms with Crippen molar-refractivity contribution in [3.63, 3.8) is 0 Å². The molecule has 0 saturated carbocycles. The summed E-state index contributed by atoms with van der Waals surface area (Å²) < 4.78 is 33.3. The van der Waals surface area contributed by atoms with E-state index in [9.17, 15) is 28.3 Å². The predicted octanol–water partition coefficient (Wildman–Crippen LogP) is 2.77. The molecule has 2 heterocycles. The smallest absolute Gasteiger partial charge is 0.407 e. The maximum atomic E-state index is 13.9. The van der Waals surface area contributed by atoms with Crippen molar-refractivity contribution >= 4 is 33.9 Å². The van der Waals surface area contributed by atoms with Gasteiger partial charge in [-0.1, -0.05) is 28.1 Å². The van der Waals surface area contributed by atoms with Gasteiger partial charge in [0.2, 0.25) is 5.91 Å². The van der Waals surface area contributed by atoms with Gasteiger partial charge in [0.25, 0.3) is 5.92 Å². The number of esters is 1. The fourth-order valence-electron chi connectivity index (χ4n) is 4.06. The summed E-state index contributed by atoms with van der Waals surface area (Å²) in [5.41, 5.74) is 0.983. The van der Waals surface area contributed by atoms with Crippen molar-refractivity contribution in [3.8, 4) is 0 Å². The highest BCUT2D eigenvalue weighted by Crippen LogP contribution is 2.36. The van der Waals surface area contributed by atoms with Crippen molar-refractivity contribution in [3.05, 3.63) is 34.3 Å². The lowest BCUT2D eigenvalue weighted by Crippen LogP contribution is -2.51. The SMILES string of the molecule is COC(=O)C1CC(F)(F)CN1C(=O)C1CC(Cc2ccc(Br)cc2)CN1C(=O)O. The van der Waals surface area contributed by atoms with Crippen molar-refractivity contribution in [2.45, 2.75) is 37.3 Å². The molecule has 2 amide bonds. The van der Waals surface area contributed by atoms with E-state index in [-0.39, 0.29) is 18.9 Å². The second-order valence-electron chi connectivity index (χ2n) is 7.45.